The molecule has 1 aromatic carbocycles. The summed E-state index contributed by atoms with van der Waals surface area (Å²) in [4.78, 5) is 22.9. The average molecular weight is 249 g/mol. The monoisotopic (exact) mass is 249 g/mol. The molecule has 0 aliphatic rings. The fourth-order valence-corrected chi connectivity index (χ4v) is 1.49. The average Bonchev–Trinajstić information content (AvgIpc) is 2.42. The SMILES string of the molecule is CNCCC(=O)NCc1cccc(C(=O)NC)c1. The third-order valence-electron chi connectivity index (χ3n) is 2.51. The third kappa shape index (κ3) is 4.55. The molecule has 0 atom stereocenters. The topological polar surface area (TPSA) is 70.2 Å². The first-order chi connectivity index (χ1) is 8.67. The summed E-state index contributed by atoms with van der Waals surface area (Å²) < 4.78 is 0. The van der Waals surface area contributed by atoms with Gasteiger partial charge in [-0.1, -0.05) is 12.1 Å². The van der Waals surface area contributed by atoms with Crippen LogP contribution < -0.4 is 16.0 Å². The van der Waals surface area contributed by atoms with Gasteiger partial charge in [-0.3, -0.25) is 9.59 Å². The fraction of sp³-hybridized carbons (Fsp3) is 0.385. The van der Waals surface area contributed by atoms with Crippen LogP contribution in [0.2, 0.25) is 0 Å². The van der Waals surface area contributed by atoms with Gasteiger partial charge in [0, 0.05) is 32.1 Å². The molecule has 0 aromatic heterocycles. The normalized spacial score (nSPS) is 9.89. The molecule has 0 aliphatic heterocycles. The Balaban J connectivity index is 2.52. The second-order valence-electron chi connectivity index (χ2n) is 3.91. The lowest BCUT2D eigenvalue weighted by Crippen LogP contribution is -2.26. The van der Waals surface area contributed by atoms with Gasteiger partial charge >= 0.3 is 0 Å². The number of carbonyl (C=O) groups is 2. The van der Waals surface area contributed by atoms with Crippen molar-refractivity contribution in [2.75, 3.05) is 20.6 Å². The van der Waals surface area contributed by atoms with Crippen LogP contribution in [-0.2, 0) is 11.3 Å². The van der Waals surface area contributed by atoms with Gasteiger partial charge in [-0.25, -0.2) is 0 Å². The van der Waals surface area contributed by atoms with Crippen molar-refractivity contribution in [1.82, 2.24) is 16.0 Å². The highest BCUT2D eigenvalue weighted by Crippen LogP contribution is 2.05. The molecular formula is C13H19N3O2. The summed E-state index contributed by atoms with van der Waals surface area (Å²) in [5.74, 6) is -0.131. The van der Waals surface area contributed by atoms with Crippen LogP contribution in [0, 0.1) is 0 Å². The molecule has 0 heterocycles. The number of benzene rings is 1. The molecule has 0 fully saturated rings. The van der Waals surface area contributed by atoms with Crippen molar-refractivity contribution < 1.29 is 9.59 Å². The Kier molecular flexibility index (Phi) is 5.87. The van der Waals surface area contributed by atoms with Crippen molar-refractivity contribution in [3.8, 4) is 0 Å². The van der Waals surface area contributed by atoms with Crippen LogP contribution in [0.1, 0.15) is 22.3 Å². The minimum absolute atomic E-state index is 0.00491. The number of nitrogens with one attached hydrogen (secondary N) is 3. The van der Waals surface area contributed by atoms with Gasteiger partial charge in [0.1, 0.15) is 0 Å². The predicted octanol–water partition coefficient (Wildman–Crippen LogP) is 0.272. The molecule has 0 radical (unpaired) electrons. The Labute approximate surface area is 107 Å². The second-order valence-corrected chi connectivity index (χ2v) is 3.91. The van der Waals surface area contributed by atoms with E-state index in [2.05, 4.69) is 16.0 Å². The Morgan fingerprint density at radius 3 is 2.67 bits per heavy atom. The van der Waals surface area contributed by atoms with Crippen LogP contribution >= 0.6 is 0 Å². The highest BCUT2D eigenvalue weighted by atomic mass is 16.2. The number of hydrogen-bond acceptors (Lipinski definition) is 3. The number of carbonyl (C=O) groups excluding carboxylic acids is 2. The van der Waals surface area contributed by atoms with Crippen molar-refractivity contribution in [2.45, 2.75) is 13.0 Å². The lowest BCUT2D eigenvalue weighted by molar-refractivity contribution is -0.121. The van der Waals surface area contributed by atoms with Crippen molar-refractivity contribution in [3.05, 3.63) is 35.4 Å². The summed E-state index contributed by atoms with van der Waals surface area (Å²) in [7, 11) is 3.40. The van der Waals surface area contributed by atoms with Crippen molar-refractivity contribution in [2.24, 2.45) is 0 Å². The molecule has 0 saturated heterocycles. The first kappa shape index (κ1) is 14.2. The zero-order valence-corrected chi connectivity index (χ0v) is 10.7. The molecule has 0 bridgehead atoms. The van der Waals surface area contributed by atoms with Gasteiger partial charge in [-0.05, 0) is 24.7 Å². The second kappa shape index (κ2) is 7.45. The molecule has 0 spiro atoms. The van der Waals surface area contributed by atoms with E-state index in [1.165, 1.54) is 0 Å². The largest absolute Gasteiger partial charge is 0.355 e. The van der Waals surface area contributed by atoms with Gasteiger partial charge in [0.25, 0.3) is 5.91 Å². The van der Waals surface area contributed by atoms with Crippen LogP contribution in [0.3, 0.4) is 0 Å². The summed E-state index contributed by atoms with van der Waals surface area (Å²) in [6.07, 6.45) is 0.450. The number of hydrogen-bond donors (Lipinski definition) is 3. The smallest absolute Gasteiger partial charge is 0.251 e. The zero-order valence-electron chi connectivity index (χ0n) is 10.7. The molecule has 1 aromatic rings. The summed E-state index contributed by atoms with van der Waals surface area (Å²) in [6, 6.07) is 7.20. The van der Waals surface area contributed by atoms with Crippen molar-refractivity contribution >= 4 is 11.8 Å². The highest BCUT2D eigenvalue weighted by molar-refractivity contribution is 5.94. The minimum Gasteiger partial charge on any atom is -0.355 e. The third-order valence-corrected chi connectivity index (χ3v) is 2.51. The van der Waals surface area contributed by atoms with Gasteiger partial charge in [0.2, 0.25) is 5.91 Å². The van der Waals surface area contributed by atoms with E-state index in [1.54, 1.807) is 32.3 Å². The molecule has 0 saturated carbocycles. The summed E-state index contributed by atoms with van der Waals surface area (Å²) in [6.45, 7) is 1.09. The Bertz CT molecular complexity index is 418. The van der Waals surface area contributed by atoms with Gasteiger partial charge < -0.3 is 16.0 Å². The van der Waals surface area contributed by atoms with E-state index in [4.69, 9.17) is 0 Å². The Morgan fingerprint density at radius 1 is 1.22 bits per heavy atom. The molecule has 18 heavy (non-hydrogen) atoms. The molecule has 98 valence electrons. The molecule has 2 amide bonds. The summed E-state index contributed by atoms with van der Waals surface area (Å²) in [5, 5.41) is 8.29. The maximum absolute atomic E-state index is 11.4. The molecule has 1 rings (SSSR count). The lowest BCUT2D eigenvalue weighted by atomic mass is 10.1. The van der Waals surface area contributed by atoms with E-state index >= 15 is 0 Å². The van der Waals surface area contributed by atoms with Crippen LogP contribution in [0.15, 0.2) is 24.3 Å². The van der Waals surface area contributed by atoms with E-state index in [0.717, 1.165) is 5.56 Å². The number of amides is 2. The van der Waals surface area contributed by atoms with Gasteiger partial charge in [0.05, 0.1) is 0 Å². The van der Waals surface area contributed by atoms with Crippen LogP contribution in [0.5, 0.6) is 0 Å². The fourth-order valence-electron chi connectivity index (χ4n) is 1.49. The van der Waals surface area contributed by atoms with Gasteiger partial charge in [0.15, 0.2) is 0 Å². The summed E-state index contributed by atoms with van der Waals surface area (Å²) in [5.41, 5.74) is 1.51. The molecule has 0 aliphatic carbocycles. The Hall–Kier alpha value is -1.88. The van der Waals surface area contributed by atoms with E-state index in [1.807, 2.05) is 6.07 Å². The van der Waals surface area contributed by atoms with Crippen LogP contribution in [-0.4, -0.2) is 32.5 Å². The summed E-state index contributed by atoms with van der Waals surface area (Å²) >= 11 is 0. The zero-order chi connectivity index (χ0) is 13.4. The van der Waals surface area contributed by atoms with E-state index in [9.17, 15) is 9.59 Å². The predicted molar refractivity (Wildman–Crippen MR) is 70.2 cm³/mol. The first-order valence-corrected chi connectivity index (χ1v) is 5.89. The van der Waals surface area contributed by atoms with Crippen molar-refractivity contribution in [1.29, 1.82) is 0 Å². The maximum atomic E-state index is 11.4. The molecule has 0 unspecified atom stereocenters. The standard InChI is InChI=1S/C13H19N3O2/c1-14-7-6-12(17)16-9-10-4-3-5-11(8-10)13(18)15-2/h3-5,8,14H,6-7,9H2,1-2H3,(H,15,18)(H,16,17). The Morgan fingerprint density at radius 2 is 2.00 bits per heavy atom. The molecule has 5 nitrogen and oxygen atoms in total. The van der Waals surface area contributed by atoms with E-state index in [0.29, 0.717) is 25.1 Å². The first-order valence-electron chi connectivity index (χ1n) is 5.89. The lowest BCUT2D eigenvalue weighted by Gasteiger charge is -2.06. The van der Waals surface area contributed by atoms with Crippen LogP contribution in [0.4, 0.5) is 0 Å². The number of rotatable bonds is 6. The van der Waals surface area contributed by atoms with Gasteiger partial charge in [-0.2, -0.15) is 0 Å². The molecule has 3 N–H and O–H groups in total. The van der Waals surface area contributed by atoms with E-state index < -0.39 is 0 Å². The maximum Gasteiger partial charge on any atom is 0.251 e. The highest BCUT2D eigenvalue weighted by Gasteiger charge is 2.04. The minimum atomic E-state index is -0.127. The van der Waals surface area contributed by atoms with Crippen LogP contribution in [0.25, 0.3) is 0 Å². The quantitative estimate of drug-likeness (QED) is 0.678. The molecule has 5 heteroatoms. The molecular weight excluding hydrogens is 230 g/mol. The van der Waals surface area contributed by atoms with Crippen molar-refractivity contribution in [3.63, 3.8) is 0 Å². The van der Waals surface area contributed by atoms with E-state index in [-0.39, 0.29) is 11.8 Å². The van der Waals surface area contributed by atoms with Gasteiger partial charge in [-0.15, -0.1) is 0 Å².